The summed E-state index contributed by atoms with van der Waals surface area (Å²) >= 11 is 3.61. The highest BCUT2D eigenvalue weighted by Gasteiger charge is 2.31. The molecule has 3 heteroatoms. The molecule has 2 N–H and O–H groups in total. The van der Waals surface area contributed by atoms with E-state index in [1.807, 2.05) is 0 Å². The molecule has 1 aliphatic rings. The Kier molecular flexibility index (Phi) is 3.67. The summed E-state index contributed by atoms with van der Waals surface area (Å²) in [5, 5.41) is 0. The van der Waals surface area contributed by atoms with Gasteiger partial charge in [0.1, 0.15) is 0 Å². The molecule has 1 aliphatic heterocycles. The van der Waals surface area contributed by atoms with Crippen LogP contribution in [0.5, 0.6) is 0 Å². The lowest BCUT2D eigenvalue weighted by Gasteiger charge is -2.25. The van der Waals surface area contributed by atoms with Crippen LogP contribution in [0.4, 0.5) is 0 Å². The Morgan fingerprint density at radius 1 is 1.50 bits per heavy atom. The Balaban J connectivity index is 2.31. The molecular formula is C13H19BrN2. The van der Waals surface area contributed by atoms with Crippen molar-refractivity contribution in [2.24, 2.45) is 11.7 Å². The van der Waals surface area contributed by atoms with E-state index in [-0.39, 0.29) is 0 Å². The van der Waals surface area contributed by atoms with Crippen LogP contribution in [0.1, 0.15) is 23.6 Å². The molecule has 2 atom stereocenters. The zero-order valence-electron chi connectivity index (χ0n) is 9.91. The highest BCUT2D eigenvalue weighted by Crippen LogP contribution is 2.36. The number of aryl methyl sites for hydroxylation is 1. The van der Waals surface area contributed by atoms with E-state index < -0.39 is 0 Å². The number of nitrogens with zero attached hydrogens (tertiary/aromatic N) is 1. The van der Waals surface area contributed by atoms with E-state index in [4.69, 9.17) is 5.73 Å². The Labute approximate surface area is 106 Å². The smallest absolute Gasteiger partial charge is 0.0386 e. The zero-order chi connectivity index (χ0) is 11.7. The molecule has 2 nitrogen and oxygen atoms in total. The van der Waals surface area contributed by atoms with Crippen LogP contribution < -0.4 is 5.73 Å². The minimum absolute atomic E-state index is 0.488. The molecule has 1 fully saturated rings. The lowest BCUT2D eigenvalue weighted by molar-refractivity contribution is 0.279. The van der Waals surface area contributed by atoms with Crippen molar-refractivity contribution in [3.63, 3.8) is 0 Å². The number of benzene rings is 1. The highest BCUT2D eigenvalue weighted by molar-refractivity contribution is 9.10. The van der Waals surface area contributed by atoms with Gasteiger partial charge in [0, 0.05) is 10.5 Å². The number of hydrogen-bond acceptors (Lipinski definition) is 2. The summed E-state index contributed by atoms with van der Waals surface area (Å²) in [6.45, 7) is 4.05. The van der Waals surface area contributed by atoms with Crippen molar-refractivity contribution < 1.29 is 0 Å². The second-order valence-corrected chi connectivity index (χ2v) is 5.57. The van der Waals surface area contributed by atoms with Crippen molar-refractivity contribution in [1.29, 1.82) is 0 Å². The van der Waals surface area contributed by atoms with Gasteiger partial charge in [0.05, 0.1) is 0 Å². The predicted molar refractivity (Wildman–Crippen MR) is 71.4 cm³/mol. The number of hydrogen-bond donors (Lipinski definition) is 1. The molecule has 0 bridgehead atoms. The van der Waals surface area contributed by atoms with Gasteiger partial charge in [-0.3, -0.25) is 4.90 Å². The fourth-order valence-corrected chi connectivity index (χ4v) is 2.99. The van der Waals surface area contributed by atoms with Crippen molar-refractivity contribution in [3.8, 4) is 0 Å². The molecule has 0 aliphatic carbocycles. The summed E-state index contributed by atoms with van der Waals surface area (Å²) in [5.74, 6) is 0.597. The van der Waals surface area contributed by atoms with Crippen molar-refractivity contribution in [3.05, 3.63) is 33.8 Å². The summed E-state index contributed by atoms with van der Waals surface area (Å²) in [6, 6.07) is 7.14. The van der Waals surface area contributed by atoms with Crippen LogP contribution in [-0.4, -0.2) is 25.0 Å². The first-order valence-electron chi connectivity index (χ1n) is 5.80. The quantitative estimate of drug-likeness (QED) is 0.904. The monoisotopic (exact) mass is 282 g/mol. The Hall–Kier alpha value is -0.380. The molecule has 1 saturated heterocycles. The second-order valence-electron chi connectivity index (χ2n) is 4.72. The lowest BCUT2D eigenvalue weighted by Crippen LogP contribution is -2.25. The van der Waals surface area contributed by atoms with E-state index in [2.05, 4.69) is 53.0 Å². The van der Waals surface area contributed by atoms with E-state index in [1.54, 1.807) is 0 Å². The molecule has 16 heavy (non-hydrogen) atoms. The standard InChI is InChI=1S/C13H19BrN2/c1-9-3-4-10(7-12(9)14)13-11(8-15)5-6-16(13)2/h3-4,7,11,13H,5-6,8,15H2,1-2H3. The van der Waals surface area contributed by atoms with Gasteiger partial charge < -0.3 is 5.73 Å². The van der Waals surface area contributed by atoms with Crippen LogP contribution in [0.2, 0.25) is 0 Å². The average Bonchev–Trinajstić information content (AvgIpc) is 2.64. The molecule has 0 radical (unpaired) electrons. The van der Waals surface area contributed by atoms with Crippen LogP contribution in [-0.2, 0) is 0 Å². The Bertz CT molecular complexity index is 378. The first-order valence-corrected chi connectivity index (χ1v) is 6.59. The molecule has 0 saturated carbocycles. The second kappa shape index (κ2) is 4.86. The normalized spacial score (nSPS) is 26.2. The largest absolute Gasteiger partial charge is 0.330 e. The first-order chi connectivity index (χ1) is 7.63. The van der Waals surface area contributed by atoms with E-state index in [0.29, 0.717) is 12.0 Å². The van der Waals surface area contributed by atoms with Gasteiger partial charge >= 0.3 is 0 Å². The molecule has 2 rings (SSSR count). The van der Waals surface area contributed by atoms with Crippen LogP contribution >= 0.6 is 15.9 Å². The number of halogens is 1. The maximum absolute atomic E-state index is 5.85. The highest BCUT2D eigenvalue weighted by atomic mass is 79.9. The maximum Gasteiger partial charge on any atom is 0.0386 e. The molecule has 88 valence electrons. The maximum atomic E-state index is 5.85. The fraction of sp³-hybridized carbons (Fsp3) is 0.538. The van der Waals surface area contributed by atoms with Gasteiger partial charge in [-0.05, 0) is 56.6 Å². The molecule has 1 heterocycles. The molecule has 0 aromatic heterocycles. The van der Waals surface area contributed by atoms with E-state index in [9.17, 15) is 0 Å². The van der Waals surface area contributed by atoms with Gasteiger partial charge in [0.25, 0.3) is 0 Å². The lowest BCUT2D eigenvalue weighted by atomic mass is 9.93. The minimum atomic E-state index is 0.488. The number of rotatable bonds is 2. The third kappa shape index (κ3) is 2.17. The van der Waals surface area contributed by atoms with Crippen molar-refractivity contribution >= 4 is 15.9 Å². The summed E-state index contributed by atoms with van der Waals surface area (Å²) in [7, 11) is 2.19. The molecule has 0 spiro atoms. The molecule has 0 amide bonds. The third-order valence-electron chi connectivity index (χ3n) is 3.61. The van der Waals surface area contributed by atoms with Crippen LogP contribution in [0.15, 0.2) is 22.7 Å². The number of nitrogens with two attached hydrogens (primary N) is 1. The summed E-state index contributed by atoms with van der Waals surface area (Å²) in [5.41, 5.74) is 8.52. The zero-order valence-corrected chi connectivity index (χ0v) is 11.5. The van der Waals surface area contributed by atoms with Crippen molar-refractivity contribution in [2.45, 2.75) is 19.4 Å². The molecule has 1 aromatic carbocycles. The minimum Gasteiger partial charge on any atom is -0.330 e. The fourth-order valence-electron chi connectivity index (χ4n) is 2.59. The third-order valence-corrected chi connectivity index (χ3v) is 4.47. The van der Waals surface area contributed by atoms with Crippen LogP contribution in [0.3, 0.4) is 0 Å². The summed E-state index contributed by atoms with van der Waals surface area (Å²) < 4.78 is 1.20. The summed E-state index contributed by atoms with van der Waals surface area (Å²) in [4.78, 5) is 2.41. The Morgan fingerprint density at radius 2 is 2.25 bits per heavy atom. The van der Waals surface area contributed by atoms with Gasteiger partial charge in [0.15, 0.2) is 0 Å². The van der Waals surface area contributed by atoms with Gasteiger partial charge in [-0.15, -0.1) is 0 Å². The van der Waals surface area contributed by atoms with Crippen LogP contribution in [0, 0.1) is 12.8 Å². The SMILES string of the molecule is Cc1ccc(C2C(CN)CCN2C)cc1Br. The van der Waals surface area contributed by atoms with Gasteiger partial charge in [-0.25, -0.2) is 0 Å². The molecule has 2 unspecified atom stereocenters. The van der Waals surface area contributed by atoms with E-state index >= 15 is 0 Å². The van der Waals surface area contributed by atoms with Gasteiger partial charge in [-0.1, -0.05) is 28.1 Å². The molecular weight excluding hydrogens is 264 g/mol. The van der Waals surface area contributed by atoms with E-state index in [0.717, 1.165) is 13.1 Å². The van der Waals surface area contributed by atoms with Gasteiger partial charge in [-0.2, -0.15) is 0 Å². The predicted octanol–water partition coefficient (Wildman–Crippen LogP) is 2.71. The Morgan fingerprint density at radius 3 is 2.88 bits per heavy atom. The van der Waals surface area contributed by atoms with Crippen molar-refractivity contribution in [2.75, 3.05) is 20.1 Å². The summed E-state index contributed by atoms with van der Waals surface area (Å²) in [6.07, 6.45) is 1.21. The first kappa shape index (κ1) is 12.1. The molecule has 1 aromatic rings. The van der Waals surface area contributed by atoms with Crippen molar-refractivity contribution in [1.82, 2.24) is 4.90 Å². The van der Waals surface area contributed by atoms with Gasteiger partial charge in [0.2, 0.25) is 0 Å². The van der Waals surface area contributed by atoms with E-state index in [1.165, 1.54) is 22.0 Å². The number of likely N-dealkylation sites (tertiary alicyclic amines) is 1. The van der Waals surface area contributed by atoms with Crippen LogP contribution in [0.25, 0.3) is 0 Å². The topological polar surface area (TPSA) is 29.3 Å². The average molecular weight is 283 g/mol.